The molecule has 0 spiro atoms. The average molecular weight is 368 g/mol. The molecule has 28 heavy (non-hydrogen) atoms. The summed E-state index contributed by atoms with van der Waals surface area (Å²) in [7, 11) is 0. The van der Waals surface area contributed by atoms with Gasteiger partial charge in [-0.2, -0.15) is 0 Å². The van der Waals surface area contributed by atoms with Crippen LogP contribution in [0.3, 0.4) is 0 Å². The fourth-order valence-corrected chi connectivity index (χ4v) is 2.79. The second kappa shape index (κ2) is 8.82. The molecule has 4 heteroatoms. The van der Waals surface area contributed by atoms with Gasteiger partial charge in [0.05, 0.1) is 36.3 Å². The standard InChI is InChI=1S/C24H20N2O2/c1-3-23(27-15-1)17-25-21-11-7-19(8-12-21)5-6-20-9-13-22(14-10-20)26-18-24-4-2-16-28-24/h1-4,7-18H,5-6H2/b25-17+,26-18?. The predicted octanol–water partition coefficient (Wildman–Crippen LogP) is 6.16. The van der Waals surface area contributed by atoms with Gasteiger partial charge in [-0.15, -0.1) is 0 Å². The number of hydrogen-bond acceptors (Lipinski definition) is 4. The molecule has 0 atom stereocenters. The summed E-state index contributed by atoms with van der Waals surface area (Å²) in [4.78, 5) is 8.83. The molecule has 0 unspecified atom stereocenters. The van der Waals surface area contributed by atoms with Crippen molar-refractivity contribution in [3.63, 3.8) is 0 Å². The fraction of sp³-hybridized carbons (Fsp3) is 0.0833. The van der Waals surface area contributed by atoms with Crippen LogP contribution in [0.15, 0.2) is 104 Å². The first-order valence-electron chi connectivity index (χ1n) is 9.18. The van der Waals surface area contributed by atoms with Crippen LogP contribution in [0.5, 0.6) is 0 Å². The highest BCUT2D eigenvalue weighted by atomic mass is 16.3. The molecule has 4 aromatic rings. The van der Waals surface area contributed by atoms with E-state index in [9.17, 15) is 0 Å². The topological polar surface area (TPSA) is 51.0 Å². The Balaban J connectivity index is 1.30. The van der Waals surface area contributed by atoms with Crippen LogP contribution in [0.4, 0.5) is 11.4 Å². The Kier molecular flexibility index (Phi) is 5.59. The highest BCUT2D eigenvalue weighted by Gasteiger charge is 1.98. The minimum atomic E-state index is 0.751. The molecule has 0 aliphatic rings. The predicted molar refractivity (Wildman–Crippen MR) is 112 cm³/mol. The maximum atomic E-state index is 5.25. The van der Waals surface area contributed by atoms with Crippen LogP contribution in [0, 0.1) is 0 Å². The molecule has 0 bridgehead atoms. The summed E-state index contributed by atoms with van der Waals surface area (Å²) in [6.45, 7) is 0. The Hall–Kier alpha value is -3.66. The largest absolute Gasteiger partial charge is 0.463 e. The number of nitrogens with zero attached hydrogens (tertiary/aromatic N) is 2. The van der Waals surface area contributed by atoms with Crippen LogP contribution >= 0.6 is 0 Å². The van der Waals surface area contributed by atoms with Gasteiger partial charge in [-0.25, -0.2) is 0 Å². The van der Waals surface area contributed by atoms with Gasteiger partial charge < -0.3 is 8.83 Å². The second-order valence-corrected chi connectivity index (χ2v) is 6.38. The second-order valence-electron chi connectivity index (χ2n) is 6.38. The number of aliphatic imine (C=N–C) groups is 2. The van der Waals surface area contributed by atoms with Gasteiger partial charge >= 0.3 is 0 Å². The van der Waals surface area contributed by atoms with Gasteiger partial charge in [0.25, 0.3) is 0 Å². The molecule has 138 valence electrons. The zero-order chi connectivity index (χ0) is 19.0. The Morgan fingerprint density at radius 2 is 1.00 bits per heavy atom. The molecule has 0 fully saturated rings. The molecule has 2 heterocycles. The zero-order valence-electron chi connectivity index (χ0n) is 15.4. The quantitative estimate of drug-likeness (QED) is 0.367. The number of benzene rings is 2. The molecule has 0 saturated heterocycles. The summed E-state index contributed by atoms with van der Waals surface area (Å²) >= 11 is 0. The molecular weight excluding hydrogens is 348 g/mol. The van der Waals surface area contributed by atoms with Crippen molar-refractivity contribution in [3.05, 3.63) is 108 Å². The summed E-state index contributed by atoms with van der Waals surface area (Å²) in [5.74, 6) is 1.50. The molecule has 0 saturated carbocycles. The van der Waals surface area contributed by atoms with Crippen LogP contribution in [-0.2, 0) is 12.8 Å². The maximum Gasteiger partial charge on any atom is 0.144 e. The van der Waals surface area contributed by atoms with E-state index >= 15 is 0 Å². The maximum absolute atomic E-state index is 5.25. The van der Waals surface area contributed by atoms with E-state index in [2.05, 4.69) is 34.3 Å². The van der Waals surface area contributed by atoms with Gasteiger partial charge in [0.1, 0.15) is 11.5 Å². The van der Waals surface area contributed by atoms with Gasteiger partial charge in [0, 0.05) is 0 Å². The number of furan rings is 2. The molecule has 0 amide bonds. The van der Waals surface area contributed by atoms with E-state index in [-0.39, 0.29) is 0 Å². The first-order valence-corrected chi connectivity index (χ1v) is 9.18. The van der Waals surface area contributed by atoms with Crippen molar-refractivity contribution in [3.8, 4) is 0 Å². The van der Waals surface area contributed by atoms with Crippen molar-refractivity contribution < 1.29 is 8.83 Å². The summed E-state index contributed by atoms with van der Waals surface area (Å²) in [6.07, 6.45) is 8.70. The van der Waals surface area contributed by atoms with Crippen molar-refractivity contribution in [1.82, 2.24) is 0 Å². The van der Waals surface area contributed by atoms with Crippen LogP contribution in [-0.4, -0.2) is 12.4 Å². The van der Waals surface area contributed by atoms with E-state index in [1.807, 2.05) is 48.5 Å². The number of rotatable bonds is 7. The van der Waals surface area contributed by atoms with Crippen LogP contribution < -0.4 is 0 Å². The summed E-state index contributed by atoms with van der Waals surface area (Å²) in [5.41, 5.74) is 4.41. The Morgan fingerprint density at radius 1 is 0.571 bits per heavy atom. The lowest BCUT2D eigenvalue weighted by atomic mass is 10.0. The molecular formula is C24H20N2O2. The highest BCUT2D eigenvalue weighted by molar-refractivity contribution is 5.79. The van der Waals surface area contributed by atoms with Gasteiger partial charge in [-0.05, 0) is 72.5 Å². The normalized spacial score (nSPS) is 11.6. The summed E-state index contributed by atoms with van der Waals surface area (Å²) in [5, 5.41) is 0. The molecule has 2 aromatic heterocycles. The lowest BCUT2D eigenvalue weighted by Gasteiger charge is -2.03. The monoisotopic (exact) mass is 368 g/mol. The van der Waals surface area contributed by atoms with Crippen LogP contribution in [0.2, 0.25) is 0 Å². The zero-order valence-corrected chi connectivity index (χ0v) is 15.4. The van der Waals surface area contributed by atoms with E-state index < -0.39 is 0 Å². The highest BCUT2D eigenvalue weighted by Crippen LogP contribution is 2.17. The minimum absolute atomic E-state index is 0.751. The molecule has 0 aliphatic carbocycles. The molecule has 2 aromatic carbocycles. The van der Waals surface area contributed by atoms with Crippen molar-refractivity contribution in [1.29, 1.82) is 0 Å². The Bertz CT molecular complexity index is 939. The van der Waals surface area contributed by atoms with Gasteiger partial charge in [0.2, 0.25) is 0 Å². The summed E-state index contributed by atoms with van der Waals surface area (Å²) < 4.78 is 10.5. The first kappa shape index (κ1) is 17.7. The molecule has 4 rings (SSSR count). The number of aryl methyl sites for hydroxylation is 2. The average Bonchev–Trinajstić information content (AvgIpc) is 3.45. The fourth-order valence-electron chi connectivity index (χ4n) is 2.79. The van der Waals surface area contributed by atoms with Crippen LogP contribution in [0.25, 0.3) is 0 Å². The molecule has 4 nitrogen and oxygen atoms in total. The van der Waals surface area contributed by atoms with Crippen molar-refractivity contribution in [2.24, 2.45) is 9.98 Å². The minimum Gasteiger partial charge on any atom is -0.463 e. The van der Waals surface area contributed by atoms with Gasteiger partial charge in [0.15, 0.2) is 0 Å². The third kappa shape index (κ3) is 4.95. The van der Waals surface area contributed by atoms with E-state index in [1.54, 1.807) is 25.0 Å². The third-order valence-corrected chi connectivity index (χ3v) is 4.34. The Labute approximate surface area is 163 Å². The molecule has 0 radical (unpaired) electrons. The van der Waals surface area contributed by atoms with Crippen molar-refractivity contribution in [2.75, 3.05) is 0 Å². The van der Waals surface area contributed by atoms with Gasteiger partial charge in [-0.3, -0.25) is 9.98 Å². The lowest BCUT2D eigenvalue weighted by molar-refractivity contribution is 0.560. The SMILES string of the molecule is C(=Nc1ccc(CCc2ccc(/N=C/c3ccco3)cc2)cc1)c1ccco1. The van der Waals surface area contributed by atoms with Crippen LogP contribution in [0.1, 0.15) is 22.6 Å². The molecule has 0 N–H and O–H groups in total. The Morgan fingerprint density at radius 3 is 1.36 bits per heavy atom. The smallest absolute Gasteiger partial charge is 0.144 e. The summed E-state index contributed by atoms with van der Waals surface area (Å²) in [6, 6.07) is 24.1. The van der Waals surface area contributed by atoms with Crippen molar-refractivity contribution >= 4 is 23.8 Å². The third-order valence-electron chi connectivity index (χ3n) is 4.34. The number of hydrogen-bond donors (Lipinski definition) is 0. The van der Waals surface area contributed by atoms with Crippen molar-refractivity contribution in [2.45, 2.75) is 12.8 Å². The van der Waals surface area contributed by atoms with E-state index in [1.165, 1.54) is 11.1 Å². The molecule has 0 aliphatic heterocycles. The first-order chi connectivity index (χ1) is 13.8. The van der Waals surface area contributed by atoms with E-state index in [0.29, 0.717) is 0 Å². The van der Waals surface area contributed by atoms with Gasteiger partial charge in [-0.1, -0.05) is 24.3 Å². The van der Waals surface area contributed by atoms with E-state index in [4.69, 9.17) is 8.83 Å². The lowest BCUT2D eigenvalue weighted by Crippen LogP contribution is -1.90. The van der Waals surface area contributed by atoms with E-state index in [0.717, 1.165) is 35.7 Å².